The van der Waals surface area contributed by atoms with E-state index >= 15 is 0 Å². The van der Waals surface area contributed by atoms with E-state index in [-0.39, 0.29) is 11.8 Å². The lowest BCUT2D eigenvalue weighted by Crippen LogP contribution is -2.52. The molecule has 162 valence electrons. The highest BCUT2D eigenvalue weighted by Gasteiger charge is 2.42. The average molecular weight is 410 g/mol. The number of amides is 1. The van der Waals surface area contributed by atoms with Crippen LogP contribution in [-0.2, 0) is 22.5 Å². The number of aromatic nitrogens is 1. The van der Waals surface area contributed by atoms with Crippen LogP contribution in [0.1, 0.15) is 56.1 Å². The highest BCUT2D eigenvalue weighted by molar-refractivity contribution is 5.89. The molecule has 3 atom stereocenters. The molecule has 0 spiro atoms. The maximum atomic E-state index is 13.2. The van der Waals surface area contributed by atoms with Crippen molar-refractivity contribution in [3.63, 3.8) is 0 Å². The maximum Gasteiger partial charge on any atom is 0.224 e. The molecule has 2 aromatic rings. The Bertz CT molecular complexity index is 928. The molecule has 1 amide bonds. The lowest BCUT2D eigenvalue weighted by molar-refractivity contribution is -0.128. The molecule has 2 aliphatic carbocycles. The summed E-state index contributed by atoms with van der Waals surface area (Å²) in [6.07, 6.45) is 8.95. The molecule has 2 heterocycles. The first-order valence-electron chi connectivity index (χ1n) is 11.7. The molecular formula is C25H35N3O2. The molecule has 2 fully saturated rings. The molecule has 30 heavy (non-hydrogen) atoms. The summed E-state index contributed by atoms with van der Waals surface area (Å²) in [5, 5.41) is 4.83. The third kappa shape index (κ3) is 3.36. The number of piperidine rings is 1. The lowest BCUT2D eigenvalue weighted by atomic mass is 9.72. The number of nitrogens with one attached hydrogen (secondary N) is 1. The van der Waals surface area contributed by atoms with Crippen molar-refractivity contribution < 1.29 is 9.53 Å². The van der Waals surface area contributed by atoms with Crippen molar-refractivity contribution in [3.8, 4) is 0 Å². The summed E-state index contributed by atoms with van der Waals surface area (Å²) in [6.45, 7) is 4.08. The number of hydrogen-bond donors (Lipinski definition) is 1. The highest BCUT2D eigenvalue weighted by Crippen LogP contribution is 2.45. The number of carbonyl (C=O) groups is 1. The largest absolute Gasteiger partial charge is 0.381 e. The summed E-state index contributed by atoms with van der Waals surface area (Å²) in [7, 11) is 4.01. The molecule has 5 rings (SSSR count). The molecule has 5 heteroatoms. The zero-order valence-electron chi connectivity index (χ0n) is 18.6. The van der Waals surface area contributed by atoms with Gasteiger partial charge in [0.25, 0.3) is 0 Å². The predicted molar refractivity (Wildman–Crippen MR) is 120 cm³/mol. The van der Waals surface area contributed by atoms with E-state index < -0.39 is 0 Å². The fraction of sp³-hybridized carbons (Fsp3) is 0.640. The molecule has 1 N–H and O–H groups in total. The Balaban J connectivity index is 1.35. The van der Waals surface area contributed by atoms with Gasteiger partial charge >= 0.3 is 0 Å². The maximum absolute atomic E-state index is 13.2. The second-order valence-corrected chi connectivity index (χ2v) is 9.65. The van der Waals surface area contributed by atoms with Crippen LogP contribution >= 0.6 is 0 Å². The van der Waals surface area contributed by atoms with Gasteiger partial charge in [-0.25, -0.2) is 0 Å². The summed E-state index contributed by atoms with van der Waals surface area (Å²) >= 11 is 0. The van der Waals surface area contributed by atoms with Crippen LogP contribution in [0.3, 0.4) is 0 Å². The zero-order valence-corrected chi connectivity index (χ0v) is 18.6. The smallest absolute Gasteiger partial charge is 0.224 e. The Morgan fingerprint density at radius 1 is 1.23 bits per heavy atom. The molecule has 1 saturated heterocycles. The number of fused-ring (bicyclic) bond motifs is 2. The number of aryl methyl sites for hydroxylation is 1. The summed E-state index contributed by atoms with van der Waals surface area (Å²) in [5.74, 6) is 0.763. The summed E-state index contributed by atoms with van der Waals surface area (Å²) in [4.78, 5) is 15.7. The summed E-state index contributed by atoms with van der Waals surface area (Å²) < 4.78 is 7.86. The highest BCUT2D eigenvalue weighted by atomic mass is 16.5. The van der Waals surface area contributed by atoms with Crippen LogP contribution in [0.4, 0.5) is 0 Å². The van der Waals surface area contributed by atoms with Gasteiger partial charge in [-0.3, -0.25) is 4.79 Å². The van der Waals surface area contributed by atoms with Gasteiger partial charge in [0.1, 0.15) is 0 Å². The van der Waals surface area contributed by atoms with Crippen molar-refractivity contribution in [2.75, 3.05) is 20.7 Å². The number of methoxy groups -OCH3 is 1. The number of hydrogen-bond acceptors (Lipinski definition) is 3. The van der Waals surface area contributed by atoms with Gasteiger partial charge in [0, 0.05) is 55.3 Å². The van der Waals surface area contributed by atoms with E-state index in [2.05, 4.69) is 53.2 Å². The molecular weight excluding hydrogens is 374 g/mol. The van der Waals surface area contributed by atoms with Gasteiger partial charge in [-0.15, -0.1) is 0 Å². The van der Waals surface area contributed by atoms with Crippen LogP contribution in [0.2, 0.25) is 0 Å². The van der Waals surface area contributed by atoms with Crippen molar-refractivity contribution in [3.05, 3.63) is 35.5 Å². The standard InChI is InChI=1S/C25H35N3O2/c1-4-28-15-16-13-23-21(20-6-5-7-22(28)24(16)20)12-17(14-27(23)2)25(29)26-18-8-10-19(30-3)11-9-18/h5-7,15,17-19,21,23H,4,8-14H2,1-3H3,(H,26,29)/t17-,18?,19?,21+,23-/m1/s1. The summed E-state index contributed by atoms with van der Waals surface area (Å²) in [5.41, 5.74) is 4.29. The quantitative estimate of drug-likeness (QED) is 0.838. The molecule has 0 bridgehead atoms. The zero-order chi connectivity index (χ0) is 20.8. The number of likely N-dealkylation sites (tertiary alicyclic amines) is 1. The van der Waals surface area contributed by atoms with E-state index in [0.29, 0.717) is 24.1 Å². The first-order chi connectivity index (χ1) is 14.6. The Labute approximate surface area is 179 Å². The van der Waals surface area contributed by atoms with Crippen LogP contribution in [0, 0.1) is 5.92 Å². The van der Waals surface area contributed by atoms with E-state index in [9.17, 15) is 4.79 Å². The van der Waals surface area contributed by atoms with E-state index in [1.54, 1.807) is 7.11 Å². The second kappa shape index (κ2) is 8.01. The lowest BCUT2D eigenvalue weighted by Gasteiger charge is -2.45. The number of rotatable bonds is 4. The topological polar surface area (TPSA) is 46.5 Å². The van der Waals surface area contributed by atoms with Gasteiger partial charge in [-0.05, 0) is 69.7 Å². The van der Waals surface area contributed by atoms with Gasteiger partial charge in [-0.2, -0.15) is 0 Å². The monoisotopic (exact) mass is 409 g/mol. The van der Waals surface area contributed by atoms with Crippen LogP contribution in [0.15, 0.2) is 24.4 Å². The van der Waals surface area contributed by atoms with Crippen LogP contribution in [0.5, 0.6) is 0 Å². The van der Waals surface area contributed by atoms with E-state index in [4.69, 9.17) is 4.74 Å². The number of likely N-dealkylation sites (N-methyl/N-ethyl adjacent to an activating group) is 1. The van der Waals surface area contributed by atoms with E-state index in [1.807, 2.05) is 0 Å². The van der Waals surface area contributed by atoms with Crippen molar-refractivity contribution >= 4 is 16.8 Å². The van der Waals surface area contributed by atoms with Crippen molar-refractivity contribution in [2.45, 2.75) is 76.1 Å². The molecule has 1 aromatic heterocycles. The molecule has 0 unspecified atom stereocenters. The third-order valence-corrected chi connectivity index (χ3v) is 7.99. The predicted octanol–water partition coefficient (Wildman–Crippen LogP) is 3.70. The minimum Gasteiger partial charge on any atom is -0.381 e. The van der Waals surface area contributed by atoms with Gasteiger partial charge < -0.3 is 19.5 Å². The van der Waals surface area contributed by atoms with Crippen molar-refractivity contribution in [1.82, 2.24) is 14.8 Å². The third-order valence-electron chi connectivity index (χ3n) is 7.99. The number of ether oxygens (including phenoxy) is 1. The van der Waals surface area contributed by atoms with Crippen molar-refractivity contribution in [2.24, 2.45) is 5.92 Å². The first kappa shape index (κ1) is 20.1. The minimum atomic E-state index is 0.0708. The van der Waals surface area contributed by atoms with Crippen LogP contribution < -0.4 is 5.32 Å². The number of carbonyl (C=O) groups excluding carboxylic acids is 1. The molecule has 5 nitrogen and oxygen atoms in total. The van der Waals surface area contributed by atoms with Gasteiger partial charge in [0.2, 0.25) is 5.91 Å². The Morgan fingerprint density at radius 3 is 2.77 bits per heavy atom. The Morgan fingerprint density at radius 2 is 2.03 bits per heavy atom. The van der Waals surface area contributed by atoms with Crippen LogP contribution in [-0.4, -0.2) is 54.3 Å². The number of nitrogens with zero attached hydrogens (tertiary/aromatic N) is 2. The molecule has 1 aromatic carbocycles. The molecule has 0 radical (unpaired) electrons. The molecule has 3 aliphatic rings. The normalized spacial score (nSPS) is 31.5. The molecule has 1 saturated carbocycles. The fourth-order valence-electron chi connectivity index (χ4n) is 6.33. The average Bonchev–Trinajstić information content (AvgIpc) is 3.14. The van der Waals surface area contributed by atoms with Gasteiger partial charge in [-0.1, -0.05) is 12.1 Å². The summed E-state index contributed by atoms with van der Waals surface area (Å²) in [6, 6.07) is 7.57. The minimum absolute atomic E-state index is 0.0708. The van der Waals surface area contributed by atoms with Crippen molar-refractivity contribution in [1.29, 1.82) is 0 Å². The molecule has 1 aliphatic heterocycles. The van der Waals surface area contributed by atoms with E-state index in [0.717, 1.165) is 51.6 Å². The fourth-order valence-corrected chi connectivity index (χ4v) is 6.33. The Hall–Kier alpha value is -1.85. The van der Waals surface area contributed by atoms with Gasteiger partial charge in [0.05, 0.1) is 12.0 Å². The van der Waals surface area contributed by atoms with Gasteiger partial charge in [0.15, 0.2) is 0 Å². The SMILES string of the molecule is CCn1cc2c3c(cccc31)[C@@H]1C[C@@H](C(=O)NC3CCC(OC)CC3)CN(C)[C@@H]1C2. The first-order valence-corrected chi connectivity index (χ1v) is 11.7. The van der Waals surface area contributed by atoms with Crippen LogP contribution in [0.25, 0.3) is 10.9 Å². The van der Waals surface area contributed by atoms with E-state index in [1.165, 1.54) is 22.0 Å². The Kier molecular flexibility index (Phi) is 5.36. The number of benzene rings is 1. The second-order valence-electron chi connectivity index (χ2n) is 9.65.